The van der Waals surface area contributed by atoms with Crippen molar-refractivity contribution in [2.24, 2.45) is 0 Å². The molecule has 4 nitrogen and oxygen atoms in total. The van der Waals surface area contributed by atoms with E-state index >= 15 is 0 Å². The smallest absolute Gasteiger partial charge is 0.305 e. The van der Waals surface area contributed by atoms with Gasteiger partial charge in [0.05, 0.1) is 19.4 Å². The third-order valence-corrected chi connectivity index (χ3v) is 3.33. The predicted molar refractivity (Wildman–Crippen MR) is 84.3 cm³/mol. The number of rotatable bonds is 9. The third kappa shape index (κ3) is 6.28. The molecule has 0 atom stereocenters. The molecule has 1 rings (SSSR count). The number of carbonyl (C=O) groups excluding carboxylic acids is 1. The lowest BCUT2D eigenvalue weighted by molar-refractivity contribution is -0.143. The summed E-state index contributed by atoms with van der Waals surface area (Å²) in [6.07, 6.45) is 3.39. The van der Waals surface area contributed by atoms with Gasteiger partial charge in [0, 0.05) is 17.4 Å². The number of ether oxygens (including phenoxy) is 2. The highest BCUT2D eigenvalue weighted by Gasteiger charge is 2.03. The Balaban J connectivity index is 2.21. The number of anilines is 1. The molecule has 0 aliphatic rings. The van der Waals surface area contributed by atoms with Gasteiger partial charge in [0.15, 0.2) is 0 Å². The molecular formula is C15H22BrNO3. The third-order valence-electron chi connectivity index (χ3n) is 2.84. The molecule has 0 heterocycles. The van der Waals surface area contributed by atoms with Gasteiger partial charge < -0.3 is 14.8 Å². The van der Waals surface area contributed by atoms with Gasteiger partial charge >= 0.3 is 5.97 Å². The Morgan fingerprint density at radius 2 is 2.10 bits per heavy atom. The van der Waals surface area contributed by atoms with Crippen LogP contribution in [0.4, 0.5) is 5.69 Å². The van der Waals surface area contributed by atoms with Gasteiger partial charge in [-0.15, -0.1) is 0 Å². The first-order chi connectivity index (χ1) is 9.67. The van der Waals surface area contributed by atoms with Crippen molar-refractivity contribution < 1.29 is 14.3 Å². The first kappa shape index (κ1) is 16.8. The van der Waals surface area contributed by atoms with E-state index in [1.165, 1.54) is 0 Å². The summed E-state index contributed by atoms with van der Waals surface area (Å²) in [5.74, 6) is 0.730. The van der Waals surface area contributed by atoms with Crippen LogP contribution in [0.3, 0.4) is 0 Å². The highest BCUT2D eigenvalue weighted by Crippen LogP contribution is 2.27. The van der Waals surface area contributed by atoms with Crippen molar-refractivity contribution in [1.82, 2.24) is 0 Å². The molecule has 1 aromatic carbocycles. The molecule has 0 spiro atoms. The normalized spacial score (nSPS) is 10.2. The molecule has 0 bridgehead atoms. The molecule has 0 radical (unpaired) electrons. The van der Waals surface area contributed by atoms with Gasteiger partial charge in [-0.2, -0.15) is 0 Å². The molecule has 0 fully saturated rings. The van der Waals surface area contributed by atoms with E-state index in [4.69, 9.17) is 9.47 Å². The maximum atomic E-state index is 11.2. The molecule has 112 valence electrons. The van der Waals surface area contributed by atoms with E-state index in [0.29, 0.717) is 13.0 Å². The van der Waals surface area contributed by atoms with Gasteiger partial charge in [-0.1, -0.05) is 22.4 Å². The largest absolute Gasteiger partial charge is 0.495 e. The molecule has 0 saturated carbocycles. The Kier molecular flexibility index (Phi) is 8.11. The van der Waals surface area contributed by atoms with Crippen molar-refractivity contribution in [3.05, 3.63) is 22.7 Å². The molecule has 1 N–H and O–H groups in total. The van der Waals surface area contributed by atoms with Crippen LogP contribution in [0.1, 0.15) is 32.6 Å². The summed E-state index contributed by atoms with van der Waals surface area (Å²) >= 11 is 3.44. The van der Waals surface area contributed by atoms with Crippen LogP contribution in [-0.2, 0) is 9.53 Å². The summed E-state index contributed by atoms with van der Waals surface area (Å²) in [7, 11) is 1.66. The monoisotopic (exact) mass is 343 g/mol. The molecule has 5 heteroatoms. The fraction of sp³-hybridized carbons (Fsp3) is 0.533. The average molecular weight is 344 g/mol. The summed E-state index contributed by atoms with van der Waals surface area (Å²) < 4.78 is 11.2. The minimum atomic E-state index is -0.103. The summed E-state index contributed by atoms with van der Waals surface area (Å²) in [4.78, 5) is 11.2. The second-order valence-electron chi connectivity index (χ2n) is 4.39. The van der Waals surface area contributed by atoms with E-state index in [2.05, 4.69) is 21.2 Å². The predicted octanol–water partition coefficient (Wildman–Crippen LogP) is 3.99. The van der Waals surface area contributed by atoms with Crippen molar-refractivity contribution in [3.8, 4) is 5.75 Å². The molecule has 0 saturated heterocycles. The van der Waals surface area contributed by atoms with Gasteiger partial charge in [-0.3, -0.25) is 4.79 Å². The maximum absolute atomic E-state index is 11.2. The highest BCUT2D eigenvalue weighted by atomic mass is 79.9. The van der Waals surface area contributed by atoms with Crippen LogP contribution >= 0.6 is 15.9 Å². The minimum Gasteiger partial charge on any atom is -0.495 e. The molecule has 0 aromatic heterocycles. The number of hydrogen-bond donors (Lipinski definition) is 1. The number of carbonyl (C=O) groups is 1. The molecule has 20 heavy (non-hydrogen) atoms. The molecule has 0 amide bonds. The summed E-state index contributed by atoms with van der Waals surface area (Å²) in [6.45, 7) is 3.14. The fourth-order valence-corrected chi connectivity index (χ4v) is 2.21. The zero-order chi connectivity index (χ0) is 14.8. The van der Waals surface area contributed by atoms with Crippen LogP contribution in [0.15, 0.2) is 22.7 Å². The van der Waals surface area contributed by atoms with E-state index in [9.17, 15) is 4.79 Å². The standard InChI is InChI=1S/C15H22BrNO3/c1-3-20-15(18)7-5-4-6-10-17-13-11-12(16)8-9-14(13)19-2/h8-9,11,17H,3-7,10H2,1-2H3. The average Bonchev–Trinajstić information content (AvgIpc) is 2.43. The second kappa shape index (κ2) is 9.64. The SMILES string of the molecule is CCOC(=O)CCCCCNc1cc(Br)ccc1OC. The second-order valence-corrected chi connectivity index (χ2v) is 5.30. The molecule has 0 aliphatic heterocycles. The first-order valence-corrected chi connectivity index (χ1v) is 7.69. The van der Waals surface area contributed by atoms with Crippen LogP contribution in [0.2, 0.25) is 0 Å². The zero-order valence-electron chi connectivity index (χ0n) is 12.1. The number of hydrogen-bond acceptors (Lipinski definition) is 4. The Morgan fingerprint density at radius 3 is 2.80 bits per heavy atom. The topological polar surface area (TPSA) is 47.6 Å². The Bertz CT molecular complexity index is 424. The van der Waals surface area contributed by atoms with E-state index in [0.717, 1.165) is 41.7 Å². The van der Waals surface area contributed by atoms with Crippen molar-refractivity contribution in [1.29, 1.82) is 0 Å². The lowest BCUT2D eigenvalue weighted by Crippen LogP contribution is -2.05. The lowest BCUT2D eigenvalue weighted by atomic mass is 10.2. The molecule has 0 unspecified atom stereocenters. The van der Waals surface area contributed by atoms with E-state index in [1.807, 2.05) is 25.1 Å². The Morgan fingerprint density at radius 1 is 1.30 bits per heavy atom. The van der Waals surface area contributed by atoms with Crippen LogP contribution < -0.4 is 10.1 Å². The molecule has 0 aliphatic carbocycles. The fourth-order valence-electron chi connectivity index (χ4n) is 1.85. The maximum Gasteiger partial charge on any atom is 0.305 e. The van der Waals surface area contributed by atoms with Gasteiger partial charge in [-0.05, 0) is 38.0 Å². The van der Waals surface area contributed by atoms with E-state index in [1.54, 1.807) is 7.11 Å². The summed E-state index contributed by atoms with van der Waals surface area (Å²) in [6, 6.07) is 5.87. The summed E-state index contributed by atoms with van der Waals surface area (Å²) in [5, 5.41) is 3.35. The van der Waals surface area contributed by atoms with E-state index in [-0.39, 0.29) is 5.97 Å². The van der Waals surface area contributed by atoms with Gasteiger partial charge in [0.25, 0.3) is 0 Å². The lowest BCUT2D eigenvalue weighted by Gasteiger charge is -2.11. The zero-order valence-corrected chi connectivity index (χ0v) is 13.7. The van der Waals surface area contributed by atoms with Gasteiger partial charge in [0.1, 0.15) is 5.75 Å². The van der Waals surface area contributed by atoms with Crippen molar-refractivity contribution in [3.63, 3.8) is 0 Å². The number of esters is 1. The van der Waals surface area contributed by atoms with Gasteiger partial charge in [-0.25, -0.2) is 0 Å². The van der Waals surface area contributed by atoms with Crippen LogP contribution in [0.5, 0.6) is 5.75 Å². The van der Waals surface area contributed by atoms with Crippen molar-refractivity contribution in [2.75, 3.05) is 25.6 Å². The van der Waals surface area contributed by atoms with Crippen molar-refractivity contribution >= 4 is 27.6 Å². The molecular weight excluding hydrogens is 322 g/mol. The van der Waals surface area contributed by atoms with E-state index < -0.39 is 0 Å². The number of unbranched alkanes of at least 4 members (excludes halogenated alkanes) is 2. The minimum absolute atomic E-state index is 0.103. The number of benzene rings is 1. The van der Waals surface area contributed by atoms with Crippen LogP contribution in [0.25, 0.3) is 0 Å². The Labute approximate surface area is 129 Å². The quantitative estimate of drug-likeness (QED) is 0.543. The Hall–Kier alpha value is -1.23. The van der Waals surface area contributed by atoms with Crippen LogP contribution in [-0.4, -0.2) is 26.2 Å². The van der Waals surface area contributed by atoms with Crippen LogP contribution in [0, 0.1) is 0 Å². The van der Waals surface area contributed by atoms with Gasteiger partial charge in [0.2, 0.25) is 0 Å². The number of methoxy groups -OCH3 is 1. The first-order valence-electron chi connectivity index (χ1n) is 6.90. The number of nitrogens with one attached hydrogen (secondary N) is 1. The highest BCUT2D eigenvalue weighted by molar-refractivity contribution is 9.10. The molecule has 1 aromatic rings. The van der Waals surface area contributed by atoms with Crippen molar-refractivity contribution in [2.45, 2.75) is 32.6 Å². The summed E-state index contributed by atoms with van der Waals surface area (Å²) in [5.41, 5.74) is 0.979. The number of halogens is 1.